The van der Waals surface area contributed by atoms with Gasteiger partial charge in [0.2, 0.25) is 0 Å². The Kier molecular flexibility index (Phi) is 5.93. The Hall–Kier alpha value is -2.94. The maximum absolute atomic E-state index is 12.6. The third-order valence-corrected chi connectivity index (χ3v) is 4.49. The summed E-state index contributed by atoms with van der Waals surface area (Å²) in [4.78, 5) is 12.6. The van der Waals surface area contributed by atoms with Crippen molar-refractivity contribution in [3.63, 3.8) is 0 Å². The fourth-order valence-corrected chi connectivity index (χ4v) is 2.88. The predicted octanol–water partition coefficient (Wildman–Crippen LogP) is 4.81. The zero-order valence-electron chi connectivity index (χ0n) is 14.9. The first-order chi connectivity index (χ1) is 13.4. The number of hydrogen-bond acceptors (Lipinski definition) is 4. The van der Waals surface area contributed by atoms with Gasteiger partial charge in [0.05, 0.1) is 30.3 Å². The normalized spacial score (nSPS) is 10.8. The van der Waals surface area contributed by atoms with Crippen molar-refractivity contribution in [3.05, 3.63) is 64.4 Å². The Bertz CT molecular complexity index is 991. The van der Waals surface area contributed by atoms with Gasteiger partial charge in [-0.1, -0.05) is 15.9 Å². The predicted molar refractivity (Wildman–Crippen MR) is 104 cm³/mol. The van der Waals surface area contributed by atoms with Gasteiger partial charge in [-0.25, -0.2) is 4.68 Å². The van der Waals surface area contributed by atoms with Crippen molar-refractivity contribution >= 4 is 27.5 Å². The Morgan fingerprint density at radius 1 is 1.18 bits per heavy atom. The van der Waals surface area contributed by atoms with Crippen molar-refractivity contribution in [3.8, 4) is 17.2 Å². The third kappa shape index (κ3) is 4.30. The molecule has 0 atom stereocenters. The van der Waals surface area contributed by atoms with Gasteiger partial charge in [-0.2, -0.15) is 13.9 Å². The van der Waals surface area contributed by atoms with Crippen LogP contribution < -0.4 is 14.8 Å². The number of carbonyl (C=O) groups is 1. The lowest BCUT2D eigenvalue weighted by molar-refractivity contribution is -0.0511. The van der Waals surface area contributed by atoms with Crippen LogP contribution in [0.2, 0.25) is 0 Å². The molecule has 0 spiro atoms. The number of aromatic nitrogens is 2. The lowest BCUT2D eigenvalue weighted by Crippen LogP contribution is -2.13. The molecule has 0 aliphatic carbocycles. The fourth-order valence-electron chi connectivity index (χ4n) is 2.62. The molecule has 9 heteroatoms. The summed E-state index contributed by atoms with van der Waals surface area (Å²) >= 11 is 3.37. The first-order valence-corrected chi connectivity index (χ1v) is 8.93. The number of nitrogens with one attached hydrogen (secondary N) is 1. The zero-order valence-corrected chi connectivity index (χ0v) is 16.5. The Balaban J connectivity index is 1.83. The van der Waals surface area contributed by atoms with Gasteiger partial charge in [0, 0.05) is 16.2 Å². The molecule has 3 rings (SSSR count). The van der Waals surface area contributed by atoms with E-state index in [9.17, 15) is 13.6 Å². The van der Waals surface area contributed by atoms with Crippen molar-refractivity contribution in [2.24, 2.45) is 0 Å². The second kappa shape index (κ2) is 8.39. The molecule has 0 aliphatic heterocycles. The molecule has 0 unspecified atom stereocenters. The molecule has 0 fully saturated rings. The molecule has 28 heavy (non-hydrogen) atoms. The van der Waals surface area contributed by atoms with Crippen molar-refractivity contribution in [1.29, 1.82) is 0 Å². The summed E-state index contributed by atoms with van der Waals surface area (Å²) in [5.74, 6) is -0.454. The van der Waals surface area contributed by atoms with Gasteiger partial charge in [-0.15, -0.1) is 0 Å². The summed E-state index contributed by atoms with van der Waals surface area (Å²) in [6.45, 7) is -1.24. The van der Waals surface area contributed by atoms with Gasteiger partial charge in [-0.05, 0) is 43.3 Å². The minimum Gasteiger partial charge on any atom is -0.493 e. The van der Waals surface area contributed by atoms with Crippen LogP contribution in [0, 0.1) is 6.92 Å². The molecule has 3 aromatic rings. The Morgan fingerprint density at radius 3 is 2.54 bits per heavy atom. The van der Waals surface area contributed by atoms with E-state index in [1.54, 1.807) is 11.6 Å². The molecule has 1 amide bonds. The van der Waals surface area contributed by atoms with E-state index < -0.39 is 12.5 Å². The average Bonchev–Trinajstić information content (AvgIpc) is 3.04. The van der Waals surface area contributed by atoms with E-state index in [-0.39, 0.29) is 17.2 Å². The molecule has 6 nitrogen and oxygen atoms in total. The standard InChI is InChI=1S/C19H16BrF2N3O3/c1-11-15(10-23-25(11)14-6-3-12(20)4-7-14)18(26)24-13-5-8-16(27-2)17(9-13)28-19(21)22/h3-10,19H,1-2H3,(H,24,26). The van der Waals surface area contributed by atoms with Crippen molar-refractivity contribution in [1.82, 2.24) is 9.78 Å². The number of carbonyl (C=O) groups excluding carboxylic acids is 1. The topological polar surface area (TPSA) is 65.4 Å². The minimum atomic E-state index is -3.01. The highest BCUT2D eigenvalue weighted by Gasteiger charge is 2.17. The largest absolute Gasteiger partial charge is 0.493 e. The first-order valence-electron chi connectivity index (χ1n) is 8.14. The molecular weight excluding hydrogens is 436 g/mol. The third-order valence-electron chi connectivity index (χ3n) is 3.96. The van der Waals surface area contributed by atoms with Crippen LogP contribution in [0.25, 0.3) is 5.69 Å². The van der Waals surface area contributed by atoms with E-state index in [0.29, 0.717) is 11.3 Å². The van der Waals surface area contributed by atoms with Gasteiger partial charge in [0.15, 0.2) is 11.5 Å². The summed E-state index contributed by atoms with van der Waals surface area (Å²) in [7, 11) is 1.34. The molecule has 1 aromatic heterocycles. The van der Waals surface area contributed by atoms with Crippen LogP contribution >= 0.6 is 15.9 Å². The number of hydrogen-bond donors (Lipinski definition) is 1. The number of alkyl halides is 2. The summed E-state index contributed by atoms with van der Waals surface area (Å²) in [6.07, 6.45) is 1.45. The number of anilines is 1. The van der Waals surface area contributed by atoms with Crippen LogP contribution in [0.15, 0.2) is 53.1 Å². The van der Waals surface area contributed by atoms with Crippen LogP contribution in [0.1, 0.15) is 16.1 Å². The van der Waals surface area contributed by atoms with Gasteiger partial charge >= 0.3 is 6.61 Å². The van der Waals surface area contributed by atoms with Crippen molar-refractivity contribution in [2.75, 3.05) is 12.4 Å². The maximum atomic E-state index is 12.6. The number of halogens is 3. The van der Waals surface area contributed by atoms with Crippen molar-refractivity contribution < 1.29 is 23.0 Å². The molecule has 1 N–H and O–H groups in total. The van der Waals surface area contributed by atoms with Gasteiger partial charge in [0.1, 0.15) is 0 Å². The highest BCUT2D eigenvalue weighted by Crippen LogP contribution is 2.31. The van der Waals surface area contributed by atoms with Crippen LogP contribution in [-0.2, 0) is 0 Å². The summed E-state index contributed by atoms with van der Waals surface area (Å²) in [5, 5.41) is 6.92. The Morgan fingerprint density at radius 2 is 1.89 bits per heavy atom. The van der Waals surface area contributed by atoms with Crippen LogP contribution in [0.4, 0.5) is 14.5 Å². The monoisotopic (exact) mass is 451 g/mol. The summed E-state index contributed by atoms with van der Waals surface area (Å²) in [6, 6.07) is 11.7. The highest BCUT2D eigenvalue weighted by atomic mass is 79.9. The lowest BCUT2D eigenvalue weighted by atomic mass is 10.2. The molecule has 0 radical (unpaired) electrons. The lowest BCUT2D eigenvalue weighted by Gasteiger charge is -2.12. The van der Waals surface area contributed by atoms with E-state index in [0.717, 1.165) is 10.2 Å². The zero-order chi connectivity index (χ0) is 20.3. The molecule has 0 saturated carbocycles. The number of rotatable bonds is 6. The van der Waals surface area contributed by atoms with Crippen molar-refractivity contribution in [2.45, 2.75) is 13.5 Å². The highest BCUT2D eigenvalue weighted by molar-refractivity contribution is 9.10. The summed E-state index contributed by atoms with van der Waals surface area (Å²) < 4.78 is 37.1. The smallest absolute Gasteiger partial charge is 0.387 e. The molecule has 146 valence electrons. The number of methoxy groups -OCH3 is 1. The van der Waals surface area contributed by atoms with E-state index in [1.807, 2.05) is 24.3 Å². The van der Waals surface area contributed by atoms with Crippen LogP contribution in [0.5, 0.6) is 11.5 Å². The average molecular weight is 452 g/mol. The Labute approximate surface area is 168 Å². The van der Waals surface area contributed by atoms with E-state index in [1.165, 1.54) is 31.5 Å². The maximum Gasteiger partial charge on any atom is 0.387 e. The van der Waals surface area contributed by atoms with Crippen LogP contribution in [-0.4, -0.2) is 29.4 Å². The van der Waals surface area contributed by atoms with Gasteiger partial charge in [0.25, 0.3) is 5.91 Å². The number of amides is 1. The molecule has 2 aromatic carbocycles. The molecule has 1 heterocycles. The van der Waals surface area contributed by atoms with E-state index >= 15 is 0 Å². The van der Waals surface area contributed by atoms with E-state index in [2.05, 4.69) is 31.1 Å². The fraction of sp³-hybridized carbons (Fsp3) is 0.158. The second-order valence-corrected chi connectivity index (χ2v) is 6.65. The first kappa shape index (κ1) is 19.8. The quantitative estimate of drug-likeness (QED) is 0.584. The molecule has 0 aliphatic rings. The summed E-state index contributed by atoms with van der Waals surface area (Å²) in [5.41, 5.74) is 2.08. The SMILES string of the molecule is COc1ccc(NC(=O)c2cnn(-c3ccc(Br)cc3)c2C)cc1OC(F)F. The molecular formula is C19H16BrF2N3O3. The number of nitrogens with zero attached hydrogens (tertiary/aromatic N) is 2. The van der Waals surface area contributed by atoms with Gasteiger partial charge in [-0.3, -0.25) is 4.79 Å². The number of benzene rings is 2. The molecule has 0 saturated heterocycles. The minimum absolute atomic E-state index is 0.137. The number of ether oxygens (including phenoxy) is 2. The second-order valence-electron chi connectivity index (χ2n) is 5.73. The van der Waals surface area contributed by atoms with Gasteiger partial charge < -0.3 is 14.8 Å². The van der Waals surface area contributed by atoms with Crippen LogP contribution in [0.3, 0.4) is 0 Å². The molecule has 0 bridgehead atoms. The van der Waals surface area contributed by atoms with E-state index in [4.69, 9.17) is 4.74 Å².